The molecule has 79 valence electrons. The van der Waals surface area contributed by atoms with Crippen molar-refractivity contribution in [2.24, 2.45) is 0 Å². The summed E-state index contributed by atoms with van der Waals surface area (Å²) in [6.45, 7) is 0. The summed E-state index contributed by atoms with van der Waals surface area (Å²) in [5, 5.41) is 10.5. The SMILES string of the molecule is O=[N+]([O-])c1ccc(SC2=CC=C=C[CH]2)cc1. The minimum atomic E-state index is -0.397. The minimum Gasteiger partial charge on any atom is -0.258 e. The maximum absolute atomic E-state index is 10.5. The molecule has 3 nitrogen and oxygen atoms in total. The second-order valence-corrected chi connectivity index (χ2v) is 4.24. The van der Waals surface area contributed by atoms with E-state index >= 15 is 0 Å². The lowest BCUT2D eigenvalue weighted by Crippen LogP contribution is -1.86. The number of nitro groups is 1. The van der Waals surface area contributed by atoms with Crippen LogP contribution in [-0.2, 0) is 0 Å². The number of rotatable bonds is 3. The fraction of sp³-hybridized carbons (Fsp3) is 0. The molecule has 0 aliphatic heterocycles. The fourth-order valence-corrected chi connectivity index (χ4v) is 2.03. The first-order valence-electron chi connectivity index (χ1n) is 4.64. The summed E-state index contributed by atoms with van der Waals surface area (Å²) in [5.74, 6) is 0. The summed E-state index contributed by atoms with van der Waals surface area (Å²) in [6, 6.07) is 6.52. The second-order valence-electron chi connectivity index (χ2n) is 3.09. The third-order valence-electron chi connectivity index (χ3n) is 1.97. The third kappa shape index (κ3) is 2.63. The van der Waals surface area contributed by atoms with E-state index in [1.165, 1.54) is 12.1 Å². The van der Waals surface area contributed by atoms with Crippen LogP contribution in [0.25, 0.3) is 0 Å². The van der Waals surface area contributed by atoms with E-state index in [4.69, 9.17) is 0 Å². The predicted octanol–water partition coefficient (Wildman–Crippen LogP) is 3.50. The van der Waals surface area contributed by atoms with E-state index in [1.807, 2.05) is 24.6 Å². The number of allylic oxidation sites excluding steroid dienone is 3. The fourth-order valence-electron chi connectivity index (χ4n) is 1.21. The highest BCUT2D eigenvalue weighted by Gasteiger charge is 2.05. The molecular weight excluding hydrogens is 222 g/mol. The lowest BCUT2D eigenvalue weighted by Gasteiger charge is -2.04. The zero-order valence-electron chi connectivity index (χ0n) is 8.29. The Morgan fingerprint density at radius 3 is 2.50 bits per heavy atom. The molecule has 0 aromatic heterocycles. The Balaban J connectivity index is 2.08. The molecule has 0 spiro atoms. The van der Waals surface area contributed by atoms with Crippen molar-refractivity contribution in [2.45, 2.75) is 4.90 Å². The highest BCUT2D eigenvalue weighted by Crippen LogP contribution is 2.30. The van der Waals surface area contributed by atoms with Crippen molar-refractivity contribution in [3.8, 4) is 0 Å². The molecule has 16 heavy (non-hydrogen) atoms. The van der Waals surface area contributed by atoms with Gasteiger partial charge >= 0.3 is 0 Å². The molecule has 1 radical (unpaired) electrons. The van der Waals surface area contributed by atoms with Gasteiger partial charge in [-0.15, -0.1) is 5.73 Å². The van der Waals surface area contributed by atoms with E-state index in [2.05, 4.69) is 5.73 Å². The zero-order chi connectivity index (χ0) is 11.4. The Labute approximate surface area is 97.3 Å². The van der Waals surface area contributed by atoms with Gasteiger partial charge in [-0.1, -0.05) is 11.8 Å². The van der Waals surface area contributed by atoms with Crippen LogP contribution in [0.4, 0.5) is 5.69 Å². The minimum absolute atomic E-state index is 0.116. The molecule has 0 saturated heterocycles. The van der Waals surface area contributed by atoms with Gasteiger partial charge in [-0.25, -0.2) is 0 Å². The average Bonchev–Trinajstić information content (AvgIpc) is 2.31. The Hall–Kier alpha value is -1.77. The van der Waals surface area contributed by atoms with Crippen LogP contribution in [0.15, 0.2) is 58.0 Å². The van der Waals surface area contributed by atoms with Gasteiger partial charge in [0, 0.05) is 23.4 Å². The first-order valence-corrected chi connectivity index (χ1v) is 5.46. The molecule has 0 atom stereocenters. The van der Waals surface area contributed by atoms with Gasteiger partial charge < -0.3 is 0 Å². The van der Waals surface area contributed by atoms with Gasteiger partial charge in [0.2, 0.25) is 0 Å². The van der Waals surface area contributed by atoms with Gasteiger partial charge in [0.25, 0.3) is 5.69 Å². The van der Waals surface area contributed by atoms with Crippen molar-refractivity contribution in [3.63, 3.8) is 0 Å². The maximum Gasteiger partial charge on any atom is 0.269 e. The summed E-state index contributed by atoms with van der Waals surface area (Å²) < 4.78 is 0. The van der Waals surface area contributed by atoms with Crippen molar-refractivity contribution >= 4 is 17.4 Å². The maximum atomic E-state index is 10.5. The summed E-state index contributed by atoms with van der Waals surface area (Å²) in [7, 11) is 0. The smallest absolute Gasteiger partial charge is 0.258 e. The van der Waals surface area contributed by atoms with Crippen molar-refractivity contribution in [1.82, 2.24) is 0 Å². The molecule has 1 aromatic carbocycles. The van der Waals surface area contributed by atoms with Gasteiger partial charge in [-0.3, -0.25) is 10.1 Å². The normalized spacial score (nSPS) is 13.6. The van der Waals surface area contributed by atoms with Crippen molar-refractivity contribution in [3.05, 3.63) is 69.7 Å². The van der Waals surface area contributed by atoms with E-state index in [9.17, 15) is 10.1 Å². The molecule has 0 bridgehead atoms. The molecule has 4 heteroatoms. The number of thioether (sulfide) groups is 1. The van der Waals surface area contributed by atoms with E-state index in [1.54, 1.807) is 23.9 Å². The molecule has 0 unspecified atom stereocenters. The van der Waals surface area contributed by atoms with Gasteiger partial charge in [-0.2, -0.15) is 0 Å². The van der Waals surface area contributed by atoms with Crippen LogP contribution < -0.4 is 0 Å². The number of nitro benzene ring substituents is 1. The summed E-state index contributed by atoms with van der Waals surface area (Å²) in [5.41, 5.74) is 3.06. The zero-order valence-corrected chi connectivity index (χ0v) is 9.11. The van der Waals surface area contributed by atoms with Crippen molar-refractivity contribution in [2.75, 3.05) is 0 Å². The second kappa shape index (κ2) is 4.84. The van der Waals surface area contributed by atoms with Crippen LogP contribution in [0.5, 0.6) is 0 Å². The van der Waals surface area contributed by atoms with Crippen LogP contribution in [0.1, 0.15) is 0 Å². The standard InChI is InChI=1S/C12H8NO2S/c14-13(15)10-6-8-12(9-7-10)16-11-4-2-1-3-5-11/h2-9H. The first-order chi connectivity index (χ1) is 7.75. The molecule has 2 rings (SSSR count). The van der Waals surface area contributed by atoms with Gasteiger partial charge in [-0.05, 0) is 35.3 Å². The predicted molar refractivity (Wildman–Crippen MR) is 64.0 cm³/mol. The number of benzene rings is 1. The van der Waals surface area contributed by atoms with Crippen LogP contribution in [0, 0.1) is 16.5 Å². The van der Waals surface area contributed by atoms with Gasteiger partial charge in [0.05, 0.1) is 4.92 Å². The lowest BCUT2D eigenvalue weighted by molar-refractivity contribution is -0.384. The molecule has 0 N–H and O–H groups in total. The first kappa shape index (κ1) is 10.7. The Kier molecular flexibility index (Phi) is 3.25. The topological polar surface area (TPSA) is 43.1 Å². The Morgan fingerprint density at radius 1 is 1.19 bits per heavy atom. The number of hydrogen-bond acceptors (Lipinski definition) is 3. The molecule has 0 heterocycles. The lowest BCUT2D eigenvalue weighted by atomic mass is 10.3. The number of nitrogens with zero attached hydrogens (tertiary/aromatic N) is 1. The molecule has 0 saturated carbocycles. The molecule has 0 amide bonds. The van der Waals surface area contributed by atoms with E-state index in [-0.39, 0.29) is 5.69 Å². The third-order valence-corrected chi connectivity index (χ3v) is 2.99. The van der Waals surface area contributed by atoms with Gasteiger partial charge in [0.15, 0.2) is 0 Å². The largest absolute Gasteiger partial charge is 0.269 e. The molecule has 1 aliphatic rings. The van der Waals surface area contributed by atoms with Crippen LogP contribution in [0.3, 0.4) is 0 Å². The van der Waals surface area contributed by atoms with Crippen molar-refractivity contribution < 1.29 is 4.92 Å². The molecule has 0 fully saturated rings. The quantitative estimate of drug-likeness (QED) is 0.453. The molecule has 1 aliphatic carbocycles. The van der Waals surface area contributed by atoms with E-state index in [0.717, 1.165) is 9.80 Å². The van der Waals surface area contributed by atoms with E-state index in [0.29, 0.717) is 0 Å². The van der Waals surface area contributed by atoms with E-state index < -0.39 is 4.92 Å². The Bertz CT molecular complexity index is 496. The summed E-state index contributed by atoms with van der Waals surface area (Å²) in [4.78, 5) is 12.1. The van der Waals surface area contributed by atoms with Crippen LogP contribution in [0.2, 0.25) is 0 Å². The molecule has 1 aromatic rings. The van der Waals surface area contributed by atoms with Crippen LogP contribution >= 0.6 is 11.8 Å². The average molecular weight is 230 g/mol. The summed E-state index contributed by atoms with van der Waals surface area (Å²) >= 11 is 1.57. The monoisotopic (exact) mass is 230 g/mol. The van der Waals surface area contributed by atoms with Crippen molar-refractivity contribution in [1.29, 1.82) is 0 Å². The number of non-ortho nitro benzene ring substituents is 1. The van der Waals surface area contributed by atoms with Crippen LogP contribution in [-0.4, -0.2) is 4.92 Å². The highest BCUT2D eigenvalue weighted by atomic mass is 32.2. The van der Waals surface area contributed by atoms with Gasteiger partial charge in [0.1, 0.15) is 0 Å². The highest BCUT2D eigenvalue weighted by molar-refractivity contribution is 8.03. The summed E-state index contributed by atoms with van der Waals surface area (Å²) in [6.07, 6.45) is 7.58. The number of hydrogen-bond donors (Lipinski definition) is 0. The Morgan fingerprint density at radius 2 is 1.94 bits per heavy atom. The molecular formula is C12H8NO2S.